The summed E-state index contributed by atoms with van der Waals surface area (Å²) in [5, 5.41) is 12.6. The summed E-state index contributed by atoms with van der Waals surface area (Å²) in [6.45, 7) is 1.45. The molecule has 2 aliphatic rings. The number of ether oxygens (including phenoxy) is 1. The molecule has 1 saturated carbocycles. The van der Waals surface area contributed by atoms with Crippen molar-refractivity contribution < 1.29 is 9.53 Å². The molecule has 5 rings (SSSR count). The molecule has 0 radical (unpaired) electrons. The normalized spacial score (nSPS) is 23.8. The summed E-state index contributed by atoms with van der Waals surface area (Å²) >= 11 is 1.53. The van der Waals surface area contributed by atoms with Gasteiger partial charge in [-0.3, -0.25) is 4.90 Å². The Bertz CT molecular complexity index is 991. The Balaban J connectivity index is 0.00000205. The van der Waals surface area contributed by atoms with Crippen molar-refractivity contribution >= 4 is 51.8 Å². The quantitative estimate of drug-likeness (QED) is 0.654. The number of halogens is 1. The van der Waals surface area contributed by atoms with Crippen LogP contribution in [-0.4, -0.2) is 39.4 Å². The number of aromatic nitrogens is 3. The van der Waals surface area contributed by atoms with Gasteiger partial charge in [-0.2, -0.15) is 9.47 Å². The fourth-order valence-electron chi connectivity index (χ4n) is 4.16. The van der Waals surface area contributed by atoms with E-state index in [1.165, 1.54) is 21.6 Å². The van der Waals surface area contributed by atoms with Crippen molar-refractivity contribution in [2.24, 2.45) is 5.92 Å². The fourth-order valence-corrected chi connectivity index (χ4v) is 4.91. The van der Waals surface area contributed by atoms with Crippen LogP contribution in [0, 0.1) is 5.92 Å². The molecular weight excluding hydrogens is 410 g/mol. The van der Waals surface area contributed by atoms with Crippen LogP contribution in [0.15, 0.2) is 42.6 Å². The smallest absolute Gasteiger partial charge is 0.416 e. The zero-order valence-electron chi connectivity index (χ0n) is 15.8. The van der Waals surface area contributed by atoms with Gasteiger partial charge in [0.2, 0.25) is 0 Å². The molecular formula is C20H22ClN5O2S. The summed E-state index contributed by atoms with van der Waals surface area (Å²) in [6.07, 6.45) is 5.09. The van der Waals surface area contributed by atoms with E-state index in [2.05, 4.69) is 32.0 Å². The maximum absolute atomic E-state index is 12.4. The summed E-state index contributed by atoms with van der Waals surface area (Å²) in [6, 6.07) is 11.9. The van der Waals surface area contributed by atoms with Gasteiger partial charge in [-0.05, 0) is 67.4 Å². The number of anilines is 2. The van der Waals surface area contributed by atoms with E-state index in [1.807, 2.05) is 12.1 Å². The van der Waals surface area contributed by atoms with E-state index in [1.54, 1.807) is 23.2 Å². The second kappa shape index (κ2) is 8.12. The molecule has 1 spiro atoms. The molecule has 2 fully saturated rings. The van der Waals surface area contributed by atoms with Crippen LogP contribution in [0.5, 0.6) is 0 Å². The topological polar surface area (TPSA) is 80.2 Å². The Kier molecular flexibility index (Phi) is 5.56. The Morgan fingerprint density at radius 1 is 1.21 bits per heavy atom. The van der Waals surface area contributed by atoms with Crippen molar-refractivity contribution in [3.05, 3.63) is 42.6 Å². The number of fused-ring (bicyclic) bond motifs is 1. The zero-order valence-corrected chi connectivity index (χ0v) is 17.4. The van der Waals surface area contributed by atoms with Gasteiger partial charge in [0.15, 0.2) is 5.82 Å². The van der Waals surface area contributed by atoms with Crippen molar-refractivity contribution in [3.8, 4) is 0 Å². The highest BCUT2D eigenvalue weighted by atomic mass is 35.5. The van der Waals surface area contributed by atoms with E-state index in [4.69, 9.17) is 4.74 Å². The number of hydrogen-bond acceptors (Lipinski definition) is 7. The summed E-state index contributed by atoms with van der Waals surface area (Å²) in [5.74, 6) is 2.08. The molecule has 1 aliphatic heterocycles. The molecule has 152 valence electrons. The standard InChI is InChI=1S/C20H21N5O2S.ClH/c26-19-25(17-6-3-11-22-23-17)13-20(27-19)9-7-14(8-10-20)12-21-18-15-4-1-2-5-16(15)28-24-18;/h1-6,11,14H,7-10,12-13H2,(H,21,24);1H. The molecule has 9 heteroatoms. The van der Waals surface area contributed by atoms with Crippen LogP contribution in [0.2, 0.25) is 0 Å². The minimum absolute atomic E-state index is 0. The SMILES string of the molecule is Cl.O=C1OC2(CCC(CNc3nsc4ccccc34)CC2)CN1c1cccnn1. The van der Waals surface area contributed by atoms with Crippen molar-refractivity contribution in [2.75, 3.05) is 23.3 Å². The van der Waals surface area contributed by atoms with E-state index in [0.29, 0.717) is 18.3 Å². The summed E-state index contributed by atoms with van der Waals surface area (Å²) in [5.41, 5.74) is -0.390. The van der Waals surface area contributed by atoms with Gasteiger partial charge in [0.1, 0.15) is 11.4 Å². The van der Waals surface area contributed by atoms with E-state index >= 15 is 0 Å². The summed E-state index contributed by atoms with van der Waals surface area (Å²) < 4.78 is 11.6. The molecule has 1 aliphatic carbocycles. The summed E-state index contributed by atoms with van der Waals surface area (Å²) in [4.78, 5) is 14.0. The monoisotopic (exact) mass is 431 g/mol. The van der Waals surface area contributed by atoms with Crippen LogP contribution in [0.3, 0.4) is 0 Å². The number of nitrogens with one attached hydrogen (secondary N) is 1. The van der Waals surface area contributed by atoms with Crippen LogP contribution < -0.4 is 10.2 Å². The highest BCUT2D eigenvalue weighted by Crippen LogP contribution is 2.40. The predicted molar refractivity (Wildman–Crippen MR) is 116 cm³/mol. The third kappa shape index (κ3) is 3.86. The number of carbonyl (C=O) groups excluding carboxylic acids is 1. The van der Waals surface area contributed by atoms with Gasteiger partial charge in [-0.1, -0.05) is 12.1 Å². The maximum atomic E-state index is 12.4. The van der Waals surface area contributed by atoms with Crippen LogP contribution in [0.25, 0.3) is 10.1 Å². The van der Waals surface area contributed by atoms with Crippen molar-refractivity contribution in [1.82, 2.24) is 14.6 Å². The lowest BCUT2D eigenvalue weighted by molar-refractivity contribution is 0.0148. The van der Waals surface area contributed by atoms with Crippen LogP contribution >= 0.6 is 23.9 Å². The third-order valence-electron chi connectivity index (χ3n) is 5.76. The van der Waals surface area contributed by atoms with Gasteiger partial charge < -0.3 is 10.1 Å². The van der Waals surface area contributed by atoms with E-state index < -0.39 is 5.60 Å². The van der Waals surface area contributed by atoms with Gasteiger partial charge in [0, 0.05) is 18.1 Å². The van der Waals surface area contributed by atoms with Crippen LogP contribution in [0.4, 0.5) is 16.4 Å². The van der Waals surface area contributed by atoms with Gasteiger partial charge >= 0.3 is 6.09 Å². The van der Waals surface area contributed by atoms with Gasteiger partial charge in [0.25, 0.3) is 0 Å². The van der Waals surface area contributed by atoms with E-state index in [0.717, 1.165) is 38.0 Å². The molecule has 0 unspecified atom stereocenters. The highest BCUT2D eigenvalue weighted by molar-refractivity contribution is 7.13. The Morgan fingerprint density at radius 2 is 2.03 bits per heavy atom. The molecule has 3 aromatic rings. The lowest BCUT2D eigenvalue weighted by Crippen LogP contribution is -2.39. The largest absolute Gasteiger partial charge is 0.441 e. The molecule has 1 N–H and O–H groups in total. The Labute approximate surface area is 179 Å². The maximum Gasteiger partial charge on any atom is 0.416 e. The second-order valence-corrected chi connectivity index (χ2v) is 8.38. The van der Waals surface area contributed by atoms with E-state index in [9.17, 15) is 4.79 Å². The average molecular weight is 432 g/mol. The van der Waals surface area contributed by atoms with E-state index in [-0.39, 0.29) is 18.5 Å². The van der Waals surface area contributed by atoms with Gasteiger partial charge in [0.05, 0.1) is 11.2 Å². The lowest BCUT2D eigenvalue weighted by Gasteiger charge is -2.35. The van der Waals surface area contributed by atoms with Gasteiger partial charge in [-0.25, -0.2) is 4.79 Å². The molecule has 0 atom stereocenters. The zero-order chi connectivity index (χ0) is 19.0. The number of rotatable bonds is 4. The number of benzene rings is 1. The summed E-state index contributed by atoms with van der Waals surface area (Å²) in [7, 11) is 0. The Morgan fingerprint density at radius 3 is 2.83 bits per heavy atom. The number of hydrogen-bond donors (Lipinski definition) is 1. The van der Waals surface area contributed by atoms with Crippen LogP contribution in [-0.2, 0) is 4.74 Å². The first-order chi connectivity index (χ1) is 13.7. The Hall–Kier alpha value is -2.45. The fraction of sp³-hybridized carbons (Fsp3) is 0.400. The van der Waals surface area contributed by atoms with Crippen molar-refractivity contribution in [2.45, 2.75) is 31.3 Å². The number of amides is 1. The minimum Gasteiger partial charge on any atom is -0.441 e. The molecule has 7 nitrogen and oxygen atoms in total. The lowest BCUT2D eigenvalue weighted by atomic mass is 9.78. The second-order valence-electron chi connectivity index (χ2n) is 7.57. The highest BCUT2D eigenvalue weighted by Gasteiger charge is 2.48. The molecule has 0 bridgehead atoms. The van der Waals surface area contributed by atoms with Crippen LogP contribution in [0.1, 0.15) is 25.7 Å². The first kappa shape index (κ1) is 19.8. The molecule has 3 heterocycles. The number of nitrogens with zero attached hydrogens (tertiary/aromatic N) is 4. The average Bonchev–Trinajstić information content (AvgIpc) is 3.29. The van der Waals surface area contributed by atoms with Gasteiger partial charge in [-0.15, -0.1) is 17.5 Å². The molecule has 29 heavy (non-hydrogen) atoms. The molecule has 1 saturated heterocycles. The molecule has 1 amide bonds. The first-order valence-corrected chi connectivity index (χ1v) is 10.4. The third-order valence-corrected chi connectivity index (χ3v) is 6.58. The van der Waals surface area contributed by atoms with Crippen molar-refractivity contribution in [1.29, 1.82) is 0 Å². The van der Waals surface area contributed by atoms with Crippen molar-refractivity contribution in [3.63, 3.8) is 0 Å². The number of carbonyl (C=O) groups is 1. The molecule has 1 aromatic carbocycles. The minimum atomic E-state index is -0.390. The predicted octanol–water partition coefficient (Wildman–Crippen LogP) is 4.51. The molecule has 2 aromatic heterocycles. The first-order valence-electron chi connectivity index (χ1n) is 9.59.